The van der Waals surface area contributed by atoms with Crippen LogP contribution < -0.4 is 10.6 Å². The number of thiophene rings is 1. The van der Waals surface area contributed by atoms with Gasteiger partial charge in [0, 0.05) is 36.4 Å². The van der Waals surface area contributed by atoms with Crippen molar-refractivity contribution in [2.75, 3.05) is 32.4 Å². The van der Waals surface area contributed by atoms with Crippen LogP contribution in [-0.4, -0.2) is 51.1 Å². The van der Waals surface area contributed by atoms with Crippen molar-refractivity contribution in [3.63, 3.8) is 0 Å². The Bertz CT molecular complexity index is 610. The lowest BCUT2D eigenvalue weighted by Gasteiger charge is -2.16. The van der Waals surface area contributed by atoms with Gasteiger partial charge in [0.2, 0.25) is 10.0 Å². The predicted molar refractivity (Wildman–Crippen MR) is 91.9 cm³/mol. The van der Waals surface area contributed by atoms with Crippen LogP contribution in [0.3, 0.4) is 0 Å². The van der Waals surface area contributed by atoms with Crippen LogP contribution in [0.1, 0.15) is 23.1 Å². The molecule has 2 N–H and O–H groups in total. The minimum atomic E-state index is -3.01. The van der Waals surface area contributed by atoms with E-state index in [4.69, 9.17) is 0 Å². The van der Waals surface area contributed by atoms with E-state index in [9.17, 15) is 8.42 Å². The third-order valence-corrected chi connectivity index (χ3v) is 6.76. The number of guanidine groups is 1. The van der Waals surface area contributed by atoms with Crippen LogP contribution in [0.25, 0.3) is 0 Å². The molecule has 8 heteroatoms. The van der Waals surface area contributed by atoms with E-state index in [-0.39, 0.29) is 5.75 Å². The van der Waals surface area contributed by atoms with E-state index in [1.54, 1.807) is 22.7 Å². The van der Waals surface area contributed by atoms with Crippen LogP contribution in [0.2, 0.25) is 0 Å². The van der Waals surface area contributed by atoms with Gasteiger partial charge in [-0.2, -0.15) is 0 Å². The van der Waals surface area contributed by atoms with Crippen molar-refractivity contribution in [1.82, 2.24) is 14.9 Å². The second kappa shape index (κ2) is 7.94. The molecule has 1 saturated heterocycles. The fourth-order valence-corrected chi connectivity index (χ4v) is 4.77. The Morgan fingerprint density at radius 1 is 1.36 bits per heavy atom. The molecule has 0 atom stereocenters. The molecule has 0 aromatic carbocycles. The van der Waals surface area contributed by atoms with Crippen molar-refractivity contribution in [3.8, 4) is 0 Å². The number of rotatable bonds is 6. The highest BCUT2D eigenvalue weighted by atomic mass is 32.2. The maximum Gasteiger partial charge on any atom is 0.214 e. The molecule has 22 heavy (non-hydrogen) atoms. The van der Waals surface area contributed by atoms with E-state index in [0.29, 0.717) is 25.6 Å². The fourth-order valence-electron chi connectivity index (χ4n) is 2.34. The molecule has 0 aliphatic carbocycles. The fraction of sp³-hybridized carbons (Fsp3) is 0.643. The van der Waals surface area contributed by atoms with Crippen LogP contribution in [0, 0.1) is 0 Å². The smallest absolute Gasteiger partial charge is 0.214 e. The maximum absolute atomic E-state index is 11.7. The van der Waals surface area contributed by atoms with Gasteiger partial charge in [-0.3, -0.25) is 4.99 Å². The summed E-state index contributed by atoms with van der Waals surface area (Å²) in [5.74, 6) is 0.973. The van der Waals surface area contributed by atoms with Gasteiger partial charge in [-0.15, -0.1) is 11.3 Å². The number of sulfonamides is 1. The lowest BCUT2D eigenvalue weighted by Crippen LogP contribution is -2.41. The summed E-state index contributed by atoms with van der Waals surface area (Å²) in [5.41, 5.74) is 0. The van der Waals surface area contributed by atoms with Gasteiger partial charge in [0.1, 0.15) is 0 Å². The van der Waals surface area contributed by atoms with Gasteiger partial charge in [-0.1, -0.05) is 6.92 Å². The molecule has 124 valence electrons. The van der Waals surface area contributed by atoms with Gasteiger partial charge < -0.3 is 10.6 Å². The molecule has 0 bridgehead atoms. The Hall–Kier alpha value is -1.12. The molecular formula is C14H24N4O2S2. The second-order valence-electron chi connectivity index (χ2n) is 5.14. The molecule has 0 amide bonds. The summed E-state index contributed by atoms with van der Waals surface area (Å²) in [5, 5.41) is 6.41. The van der Waals surface area contributed by atoms with Crippen molar-refractivity contribution in [3.05, 3.63) is 21.9 Å². The van der Waals surface area contributed by atoms with Gasteiger partial charge >= 0.3 is 0 Å². The van der Waals surface area contributed by atoms with E-state index < -0.39 is 10.0 Å². The highest BCUT2D eigenvalue weighted by molar-refractivity contribution is 7.89. The highest BCUT2D eigenvalue weighted by Gasteiger charge is 2.27. The monoisotopic (exact) mass is 344 g/mol. The van der Waals surface area contributed by atoms with Gasteiger partial charge in [0.25, 0.3) is 0 Å². The Labute approximate surface area is 136 Å². The third kappa shape index (κ3) is 4.69. The molecule has 1 aromatic heterocycles. The first-order valence-electron chi connectivity index (χ1n) is 7.55. The number of hydrogen-bond donors (Lipinski definition) is 2. The molecule has 1 fully saturated rings. The van der Waals surface area contributed by atoms with Gasteiger partial charge in [0.05, 0.1) is 12.3 Å². The molecule has 0 spiro atoms. The lowest BCUT2D eigenvalue weighted by atomic mass is 10.4. The summed E-state index contributed by atoms with van der Waals surface area (Å²) in [6.07, 6.45) is 1.79. The predicted octanol–water partition coefficient (Wildman–Crippen LogP) is 1.01. The Kier molecular flexibility index (Phi) is 6.22. The number of aryl methyl sites for hydroxylation is 1. The number of nitrogens with zero attached hydrogens (tertiary/aromatic N) is 2. The minimum Gasteiger partial charge on any atom is -0.355 e. The molecule has 6 nitrogen and oxygen atoms in total. The zero-order valence-corrected chi connectivity index (χ0v) is 14.8. The van der Waals surface area contributed by atoms with Crippen molar-refractivity contribution in [2.45, 2.75) is 26.3 Å². The highest BCUT2D eigenvalue weighted by Crippen LogP contribution is 2.16. The summed E-state index contributed by atoms with van der Waals surface area (Å²) in [4.78, 5) is 6.80. The summed E-state index contributed by atoms with van der Waals surface area (Å²) >= 11 is 1.80. The summed E-state index contributed by atoms with van der Waals surface area (Å²) in [7, 11) is -1.30. The average molecular weight is 345 g/mol. The summed E-state index contributed by atoms with van der Waals surface area (Å²) in [6, 6.07) is 4.27. The van der Waals surface area contributed by atoms with E-state index in [0.717, 1.165) is 19.4 Å². The van der Waals surface area contributed by atoms with Crippen LogP contribution >= 0.6 is 11.3 Å². The van der Waals surface area contributed by atoms with Crippen LogP contribution in [0.15, 0.2) is 17.1 Å². The average Bonchev–Trinajstić information content (AvgIpc) is 3.09. The molecular weight excluding hydrogens is 320 g/mol. The topological polar surface area (TPSA) is 73.8 Å². The zero-order valence-electron chi connectivity index (χ0n) is 13.1. The standard InChI is InChI=1S/C14H24N4O2S2/c1-3-12-5-6-13(21-12)11-17-14(15-2)16-7-9-18-8-4-10-22(18,19)20/h5-6H,3-4,7-11H2,1-2H3,(H2,15,16,17). The van der Waals surface area contributed by atoms with Gasteiger partial charge in [0.15, 0.2) is 5.96 Å². The molecule has 2 rings (SSSR count). The van der Waals surface area contributed by atoms with E-state index in [1.807, 2.05) is 0 Å². The molecule has 0 unspecified atom stereocenters. The SMILES string of the molecule is CCc1ccc(CNC(=NC)NCCN2CCCS2(=O)=O)s1. The second-order valence-corrected chi connectivity index (χ2v) is 8.48. The molecule has 0 saturated carbocycles. The quantitative estimate of drug-likeness (QED) is 0.597. The largest absolute Gasteiger partial charge is 0.355 e. The first kappa shape index (κ1) is 17.2. The summed E-state index contributed by atoms with van der Waals surface area (Å²) in [6.45, 7) is 4.55. The first-order chi connectivity index (χ1) is 10.5. The van der Waals surface area contributed by atoms with Crippen LogP contribution in [0.5, 0.6) is 0 Å². The maximum atomic E-state index is 11.7. The van der Waals surface area contributed by atoms with Crippen molar-refractivity contribution in [1.29, 1.82) is 0 Å². The lowest BCUT2D eigenvalue weighted by molar-refractivity contribution is 0.445. The van der Waals surface area contributed by atoms with Crippen molar-refractivity contribution in [2.24, 2.45) is 4.99 Å². The number of nitrogens with one attached hydrogen (secondary N) is 2. The van der Waals surface area contributed by atoms with Crippen molar-refractivity contribution < 1.29 is 8.42 Å². The Balaban J connectivity index is 1.73. The normalized spacial score (nSPS) is 18.5. The number of aliphatic imine (C=N–C) groups is 1. The minimum absolute atomic E-state index is 0.276. The van der Waals surface area contributed by atoms with Gasteiger partial charge in [-0.05, 0) is 25.0 Å². The Morgan fingerprint density at radius 2 is 2.14 bits per heavy atom. The van der Waals surface area contributed by atoms with E-state index >= 15 is 0 Å². The molecule has 1 aromatic rings. The molecule has 0 radical (unpaired) electrons. The zero-order chi connectivity index (χ0) is 16.0. The first-order valence-corrected chi connectivity index (χ1v) is 9.97. The van der Waals surface area contributed by atoms with Crippen LogP contribution in [-0.2, 0) is 23.0 Å². The summed E-state index contributed by atoms with van der Waals surface area (Å²) < 4.78 is 24.9. The number of hydrogen-bond acceptors (Lipinski definition) is 4. The van der Waals surface area contributed by atoms with E-state index in [1.165, 1.54) is 9.75 Å². The third-order valence-electron chi connectivity index (χ3n) is 3.58. The molecule has 1 aliphatic rings. The van der Waals surface area contributed by atoms with Crippen LogP contribution in [0.4, 0.5) is 0 Å². The molecule has 2 heterocycles. The van der Waals surface area contributed by atoms with Gasteiger partial charge in [-0.25, -0.2) is 12.7 Å². The Morgan fingerprint density at radius 3 is 2.73 bits per heavy atom. The van der Waals surface area contributed by atoms with Crippen molar-refractivity contribution >= 4 is 27.3 Å². The molecule has 1 aliphatic heterocycles. The van der Waals surface area contributed by atoms with E-state index in [2.05, 4.69) is 34.7 Å².